The summed E-state index contributed by atoms with van der Waals surface area (Å²) in [6.45, 7) is 5.68. The van der Waals surface area contributed by atoms with Gasteiger partial charge < -0.3 is 19.9 Å². The third-order valence-corrected chi connectivity index (χ3v) is 6.14. The molecule has 30 heavy (non-hydrogen) atoms. The van der Waals surface area contributed by atoms with Crippen molar-refractivity contribution in [1.82, 2.24) is 15.1 Å². The van der Waals surface area contributed by atoms with Gasteiger partial charge in [-0.05, 0) is 48.9 Å². The van der Waals surface area contributed by atoms with Crippen molar-refractivity contribution < 1.29 is 18.7 Å². The Morgan fingerprint density at radius 2 is 2.17 bits per heavy atom. The molecule has 1 aromatic heterocycles. The van der Waals surface area contributed by atoms with Gasteiger partial charge in [0, 0.05) is 30.6 Å². The summed E-state index contributed by atoms with van der Waals surface area (Å²) in [5.41, 5.74) is 1.06. The molecular weight excluding hydrogens is 405 g/mol. The predicted octanol–water partition coefficient (Wildman–Crippen LogP) is 3.83. The topological polar surface area (TPSA) is 61.9 Å². The molecule has 1 aliphatic heterocycles. The summed E-state index contributed by atoms with van der Waals surface area (Å²) in [4.78, 5) is 30.0. The van der Waals surface area contributed by atoms with Gasteiger partial charge in [-0.1, -0.05) is 13.0 Å². The van der Waals surface area contributed by atoms with Crippen LogP contribution >= 0.6 is 11.3 Å². The molecule has 0 bridgehead atoms. The molecule has 162 valence electrons. The second-order valence-electron chi connectivity index (χ2n) is 7.17. The highest BCUT2D eigenvalue weighted by atomic mass is 32.1. The standard InChI is InChI=1S/C22H28FN3O3S/c1-3-10-24-22(28)25(4-2)14-21(27)26-11-8-20-18(9-12-30-20)19(26)15-29-17-7-5-6-16(23)13-17/h5-7,9,12-13,19H,3-4,8,10-11,14-15H2,1-2H3,(H,24,28). The zero-order valence-electron chi connectivity index (χ0n) is 17.4. The molecule has 0 saturated carbocycles. The monoisotopic (exact) mass is 433 g/mol. The van der Waals surface area contributed by atoms with Gasteiger partial charge >= 0.3 is 6.03 Å². The van der Waals surface area contributed by atoms with E-state index in [1.165, 1.54) is 21.9 Å². The molecule has 1 atom stereocenters. The molecule has 2 heterocycles. The number of carbonyl (C=O) groups is 2. The highest BCUT2D eigenvalue weighted by Gasteiger charge is 2.33. The van der Waals surface area contributed by atoms with Crippen molar-refractivity contribution in [2.24, 2.45) is 0 Å². The molecule has 0 fully saturated rings. The van der Waals surface area contributed by atoms with Crippen LogP contribution in [-0.4, -0.2) is 54.5 Å². The fourth-order valence-electron chi connectivity index (χ4n) is 3.53. The summed E-state index contributed by atoms with van der Waals surface area (Å²) in [6.07, 6.45) is 1.62. The summed E-state index contributed by atoms with van der Waals surface area (Å²) in [6, 6.07) is 7.51. The molecule has 0 radical (unpaired) electrons. The van der Waals surface area contributed by atoms with Gasteiger partial charge in [-0.15, -0.1) is 11.3 Å². The number of amides is 3. The smallest absolute Gasteiger partial charge is 0.317 e. The SMILES string of the molecule is CCCNC(=O)N(CC)CC(=O)N1CCc2sccc2C1COc1cccc(F)c1. The number of ether oxygens (including phenoxy) is 1. The van der Waals surface area contributed by atoms with E-state index in [4.69, 9.17) is 4.74 Å². The molecule has 1 aliphatic rings. The van der Waals surface area contributed by atoms with Crippen LogP contribution in [0.25, 0.3) is 0 Å². The van der Waals surface area contributed by atoms with Crippen molar-refractivity contribution in [1.29, 1.82) is 0 Å². The number of benzene rings is 1. The van der Waals surface area contributed by atoms with E-state index in [-0.39, 0.29) is 36.9 Å². The van der Waals surface area contributed by atoms with Gasteiger partial charge in [-0.3, -0.25) is 4.79 Å². The second-order valence-corrected chi connectivity index (χ2v) is 8.17. The Morgan fingerprint density at radius 3 is 2.90 bits per heavy atom. The van der Waals surface area contributed by atoms with Crippen LogP contribution in [0, 0.1) is 5.82 Å². The van der Waals surface area contributed by atoms with Crippen LogP contribution in [-0.2, 0) is 11.2 Å². The first-order valence-electron chi connectivity index (χ1n) is 10.3. The van der Waals surface area contributed by atoms with Gasteiger partial charge in [0.2, 0.25) is 5.91 Å². The molecule has 0 aliphatic carbocycles. The lowest BCUT2D eigenvalue weighted by atomic mass is 10.0. The third kappa shape index (κ3) is 5.30. The van der Waals surface area contributed by atoms with Crippen LogP contribution in [0.1, 0.15) is 36.8 Å². The average Bonchev–Trinajstić information content (AvgIpc) is 3.23. The maximum absolute atomic E-state index is 13.5. The second kappa shape index (κ2) is 10.4. The number of nitrogens with one attached hydrogen (secondary N) is 1. The highest BCUT2D eigenvalue weighted by molar-refractivity contribution is 7.10. The van der Waals surface area contributed by atoms with Crippen LogP contribution in [0.5, 0.6) is 5.75 Å². The largest absolute Gasteiger partial charge is 0.491 e. The van der Waals surface area contributed by atoms with Gasteiger partial charge in [0.05, 0.1) is 6.04 Å². The summed E-state index contributed by atoms with van der Waals surface area (Å²) in [5.74, 6) is -0.0518. The van der Waals surface area contributed by atoms with Crippen LogP contribution in [0.2, 0.25) is 0 Å². The number of carbonyl (C=O) groups excluding carboxylic acids is 2. The maximum Gasteiger partial charge on any atom is 0.317 e. The van der Waals surface area contributed by atoms with Crippen LogP contribution in [0.3, 0.4) is 0 Å². The third-order valence-electron chi connectivity index (χ3n) is 5.14. The normalized spacial score (nSPS) is 15.4. The zero-order valence-corrected chi connectivity index (χ0v) is 18.2. The van der Waals surface area contributed by atoms with Crippen molar-refractivity contribution >= 4 is 23.3 Å². The lowest BCUT2D eigenvalue weighted by Crippen LogP contribution is -2.49. The van der Waals surface area contributed by atoms with E-state index < -0.39 is 0 Å². The van der Waals surface area contributed by atoms with Crippen molar-refractivity contribution in [2.45, 2.75) is 32.7 Å². The lowest BCUT2D eigenvalue weighted by molar-refractivity contribution is -0.135. The quantitative estimate of drug-likeness (QED) is 0.688. The van der Waals surface area contributed by atoms with Crippen molar-refractivity contribution in [2.75, 3.05) is 32.8 Å². The van der Waals surface area contributed by atoms with E-state index in [1.54, 1.807) is 28.4 Å². The van der Waals surface area contributed by atoms with E-state index in [0.29, 0.717) is 25.4 Å². The Balaban J connectivity index is 1.72. The van der Waals surface area contributed by atoms with Crippen LogP contribution in [0.4, 0.5) is 9.18 Å². The minimum Gasteiger partial charge on any atom is -0.491 e. The van der Waals surface area contributed by atoms with E-state index in [2.05, 4.69) is 5.32 Å². The average molecular weight is 434 g/mol. The molecule has 6 nitrogen and oxygen atoms in total. The summed E-state index contributed by atoms with van der Waals surface area (Å²) >= 11 is 1.67. The number of likely N-dealkylation sites (N-methyl/N-ethyl adjacent to an activating group) is 1. The molecule has 1 unspecified atom stereocenters. The van der Waals surface area contributed by atoms with Gasteiger partial charge in [-0.2, -0.15) is 0 Å². The molecule has 3 amide bonds. The minimum absolute atomic E-state index is 0.0159. The summed E-state index contributed by atoms with van der Waals surface area (Å²) in [5, 5.41) is 4.84. The molecule has 2 aromatic rings. The van der Waals surface area contributed by atoms with Crippen molar-refractivity contribution in [3.05, 3.63) is 52.0 Å². The Labute approximate surface area is 180 Å². The van der Waals surface area contributed by atoms with Gasteiger partial charge in [0.25, 0.3) is 0 Å². The number of fused-ring (bicyclic) bond motifs is 1. The van der Waals surface area contributed by atoms with E-state index in [9.17, 15) is 14.0 Å². The Hall–Kier alpha value is -2.61. The van der Waals surface area contributed by atoms with E-state index >= 15 is 0 Å². The Bertz CT molecular complexity index is 873. The van der Waals surface area contributed by atoms with Crippen LogP contribution < -0.4 is 10.1 Å². The first-order chi connectivity index (χ1) is 14.5. The molecule has 1 N–H and O–H groups in total. The Kier molecular flexibility index (Phi) is 7.68. The highest BCUT2D eigenvalue weighted by Crippen LogP contribution is 2.34. The van der Waals surface area contributed by atoms with Crippen LogP contribution in [0.15, 0.2) is 35.7 Å². The zero-order chi connectivity index (χ0) is 21.5. The number of thiophene rings is 1. The number of rotatable bonds is 8. The first-order valence-corrected chi connectivity index (χ1v) is 11.2. The number of hydrogen-bond acceptors (Lipinski definition) is 4. The molecule has 3 rings (SSSR count). The van der Waals surface area contributed by atoms with Crippen molar-refractivity contribution in [3.8, 4) is 5.75 Å². The molecule has 0 saturated heterocycles. The van der Waals surface area contributed by atoms with Gasteiger partial charge in [0.1, 0.15) is 24.7 Å². The fourth-order valence-corrected chi connectivity index (χ4v) is 4.46. The lowest BCUT2D eigenvalue weighted by Gasteiger charge is -2.37. The van der Waals surface area contributed by atoms with E-state index in [0.717, 1.165) is 18.4 Å². The minimum atomic E-state index is -0.364. The van der Waals surface area contributed by atoms with Gasteiger partial charge in [-0.25, -0.2) is 9.18 Å². The Morgan fingerprint density at radius 1 is 1.33 bits per heavy atom. The fraction of sp³-hybridized carbons (Fsp3) is 0.455. The van der Waals surface area contributed by atoms with Gasteiger partial charge in [0.15, 0.2) is 0 Å². The number of nitrogens with zero attached hydrogens (tertiary/aromatic N) is 2. The molecule has 1 aromatic carbocycles. The molecule has 8 heteroatoms. The number of hydrogen-bond donors (Lipinski definition) is 1. The predicted molar refractivity (Wildman–Crippen MR) is 115 cm³/mol. The molecular formula is C22H28FN3O3S. The molecule has 0 spiro atoms. The maximum atomic E-state index is 13.5. The number of urea groups is 1. The van der Waals surface area contributed by atoms with E-state index in [1.807, 2.05) is 25.3 Å². The first kappa shape index (κ1) is 22.1. The number of halogens is 1. The summed E-state index contributed by atoms with van der Waals surface area (Å²) < 4.78 is 19.3. The summed E-state index contributed by atoms with van der Waals surface area (Å²) in [7, 11) is 0. The van der Waals surface area contributed by atoms with Crippen molar-refractivity contribution in [3.63, 3.8) is 0 Å².